The summed E-state index contributed by atoms with van der Waals surface area (Å²) >= 11 is 0. The maximum atomic E-state index is 11.9. The van der Waals surface area contributed by atoms with E-state index in [1.54, 1.807) is 4.90 Å². The average molecular weight is 287 g/mol. The highest BCUT2D eigenvalue weighted by molar-refractivity contribution is 7.89. The van der Waals surface area contributed by atoms with Crippen molar-refractivity contribution in [3.8, 4) is 12.3 Å². The number of nitrogens with zero attached hydrogens (tertiary/aromatic N) is 2. The van der Waals surface area contributed by atoms with Crippen molar-refractivity contribution in [2.75, 3.05) is 31.9 Å². The quantitative estimate of drug-likeness (QED) is 0.672. The molecular formula is C12H21N3O3S. The smallest absolute Gasteiger partial charge is 0.240 e. The SMILES string of the molecule is C#CCC(N)C(=O)N1CCN(S(=O)(=O)CCC)CC1. The largest absolute Gasteiger partial charge is 0.339 e. The highest BCUT2D eigenvalue weighted by atomic mass is 32.2. The van der Waals surface area contributed by atoms with Gasteiger partial charge in [0.1, 0.15) is 0 Å². The molecule has 0 saturated carbocycles. The van der Waals surface area contributed by atoms with Crippen LogP contribution in [0.1, 0.15) is 19.8 Å². The van der Waals surface area contributed by atoms with Crippen LogP contribution in [0.2, 0.25) is 0 Å². The van der Waals surface area contributed by atoms with Crippen LogP contribution in [0.25, 0.3) is 0 Å². The first-order valence-corrected chi connectivity index (χ1v) is 7.99. The van der Waals surface area contributed by atoms with Crippen molar-refractivity contribution in [2.45, 2.75) is 25.8 Å². The van der Waals surface area contributed by atoms with Crippen molar-refractivity contribution in [2.24, 2.45) is 5.73 Å². The number of carbonyl (C=O) groups is 1. The van der Waals surface area contributed by atoms with Crippen LogP contribution in [0.5, 0.6) is 0 Å². The zero-order chi connectivity index (χ0) is 14.5. The first-order valence-electron chi connectivity index (χ1n) is 6.38. The molecule has 0 aliphatic carbocycles. The number of nitrogens with two attached hydrogens (primary N) is 1. The van der Waals surface area contributed by atoms with E-state index >= 15 is 0 Å². The molecule has 6 nitrogen and oxygen atoms in total. The van der Waals surface area contributed by atoms with Crippen LogP contribution >= 0.6 is 0 Å². The van der Waals surface area contributed by atoms with Crippen molar-refractivity contribution < 1.29 is 13.2 Å². The van der Waals surface area contributed by atoms with Gasteiger partial charge in [-0.3, -0.25) is 4.79 Å². The number of hydrogen-bond donors (Lipinski definition) is 1. The third-order valence-corrected chi connectivity index (χ3v) is 5.14. The molecule has 0 aromatic carbocycles. The molecule has 108 valence electrons. The second-order valence-corrected chi connectivity index (χ2v) is 6.64. The highest BCUT2D eigenvalue weighted by Gasteiger charge is 2.29. The minimum atomic E-state index is -3.18. The second-order valence-electron chi connectivity index (χ2n) is 4.56. The van der Waals surface area contributed by atoms with Gasteiger partial charge in [0.25, 0.3) is 0 Å². The number of hydrogen-bond acceptors (Lipinski definition) is 4. The predicted molar refractivity (Wildman–Crippen MR) is 73.7 cm³/mol. The number of amides is 1. The molecule has 0 spiro atoms. The van der Waals surface area contributed by atoms with Crippen LogP contribution < -0.4 is 5.73 Å². The highest BCUT2D eigenvalue weighted by Crippen LogP contribution is 2.10. The summed E-state index contributed by atoms with van der Waals surface area (Å²) in [6.45, 7) is 3.24. The van der Waals surface area contributed by atoms with E-state index in [1.165, 1.54) is 4.31 Å². The lowest BCUT2D eigenvalue weighted by atomic mass is 10.2. The Morgan fingerprint density at radius 1 is 1.37 bits per heavy atom. The van der Waals surface area contributed by atoms with Crippen molar-refractivity contribution in [3.63, 3.8) is 0 Å². The number of sulfonamides is 1. The van der Waals surface area contributed by atoms with E-state index in [-0.39, 0.29) is 18.1 Å². The molecule has 19 heavy (non-hydrogen) atoms. The van der Waals surface area contributed by atoms with Gasteiger partial charge < -0.3 is 10.6 Å². The number of rotatable bonds is 5. The molecule has 1 fully saturated rings. The molecule has 1 saturated heterocycles. The van der Waals surface area contributed by atoms with E-state index in [2.05, 4.69) is 5.92 Å². The Kier molecular flexibility index (Phi) is 5.79. The summed E-state index contributed by atoms with van der Waals surface area (Å²) in [6.07, 6.45) is 5.91. The normalized spacial score (nSPS) is 18.9. The molecule has 0 aromatic rings. The zero-order valence-electron chi connectivity index (χ0n) is 11.2. The van der Waals surface area contributed by atoms with E-state index in [9.17, 15) is 13.2 Å². The third-order valence-electron chi connectivity index (χ3n) is 3.06. The first-order chi connectivity index (χ1) is 8.92. The Labute approximate surface area is 115 Å². The number of terminal acetylenes is 1. The molecule has 0 bridgehead atoms. The van der Waals surface area contributed by atoms with Gasteiger partial charge in [0.15, 0.2) is 0 Å². The van der Waals surface area contributed by atoms with Gasteiger partial charge in [0.05, 0.1) is 11.8 Å². The predicted octanol–water partition coefficient (Wildman–Crippen LogP) is -0.779. The summed E-state index contributed by atoms with van der Waals surface area (Å²) in [4.78, 5) is 13.5. The van der Waals surface area contributed by atoms with Crippen LogP contribution in [0.3, 0.4) is 0 Å². The van der Waals surface area contributed by atoms with Crippen molar-refractivity contribution in [1.82, 2.24) is 9.21 Å². The van der Waals surface area contributed by atoms with Crippen molar-refractivity contribution >= 4 is 15.9 Å². The molecule has 1 heterocycles. The van der Waals surface area contributed by atoms with Gasteiger partial charge in [-0.25, -0.2) is 8.42 Å². The van der Waals surface area contributed by atoms with Gasteiger partial charge in [-0.05, 0) is 6.42 Å². The molecular weight excluding hydrogens is 266 g/mol. The molecule has 1 rings (SSSR count). The summed E-state index contributed by atoms with van der Waals surface area (Å²) in [5, 5.41) is 0. The fourth-order valence-electron chi connectivity index (χ4n) is 2.02. The molecule has 1 aliphatic rings. The van der Waals surface area contributed by atoms with Crippen molar-refractivity contribution in [3.05, 3.63) is 0 Å². The van der Waals surface area contributed by atoms with Crippen LogP contribution in [0.15, 0.2) is 0 Å². The van der Waals surface area contributed by atoms with Crippen LogP contribution in [0.4, 0.5) is 0 Å². The van der Waals surface area contributed by atoms with Gasteiger partial charge >= 0.3 is 0 Å². The third kappa shape index (κ3) is 4.20. The summed E-state index contributed by atoms with van der Waals surface area (Å²) < 4.78 is 25.2. The fraction of sp³-hybridized carbons (Fsp3) is 0.750. The van der Waals surface area contributed by atoms with E-state index in [4.69, 9.17) is 12.2 Å². The Balaban J connectivity index is 2.54. The first kappa shape index (κ1) is 16.0. The van der Waals surface area contributed by atoms with Gasteiger partial charge in [0.2, 0.25) is 15.9 Å². The van der Waals surface area contributed by atoms with E-state index in [0.717, 1.165) is 0 Å². The lowest BCUT2D eigenvalue weighted by Gasteiger charge is -2.35. The molecule has 2 N–H and O–H groups in total. The number of carbonyl (C=O) groups excluding carboxylic acids is 1. The Bertz CT molecular complexity index is 447. The van der Waals surface area contributed by atoms with Crippen LogP contribution in [-0.4, -0.2) is 61.5 Å². The Hall–Kier alpha value is -1.10. The fourth-order valence-corrected chi connectivity index (χ4v) is 3.52. The van der Waals surface area contributed by atoms with E-state index in [0.29, 0.717) is 32.6 Å². The lowest BCUT2D eigenvalue weighted by Crippen LogP contribution is -2.54. The van der Waals surface area contributed by atoms with Gasteiger partial charge in [0, 0.05) is 32.6 Å². The molecule has 1 amide bonds. The maximum absolute atomic E-state index is 11.9. The molecule has 0 radical (unpaired) electrons. The Morgan fingerprint density at radius 2 is 1.95 bits per heavy atom. The molecule has 1 aliphatic heterocycles. The van der Waals surface area contributed by atoms with E-state index < -0.39 is 16.1 Å². The van der Waals surface area contributed by atoms with E-state index in [1.807, 2.05) is 6.92 Å². The zero-order valence-corrected chi connectivity index (χ0v) is 12.0. The molecule has 1 atom stereocenters. The second kappa shape index (κ2) is 6.89. The minimum absolute atomic E-state index is 0.150. The molecule has 0 aromatic heterocycles. The lowest BCUT2D eigenvalue weighted by molar-refractivity contribution is -0.133. The number of piperazine rings is 1. The standard InChI is InChI=1S/C12H21N3O3S/c1-3-5-11(13)12(16)14-6-8-15(9-7-14)19(17,18)10-4-2/h1,11H,4-10,13H2,2H3. The summed E-state index contributed by atoms with van der Waals surface area (Å²) in [5.74, 6) is 2.31. The van der Waals surface area contributed by atoms with Crippen LogP contribution in [-0.2, 0) is 14.8 Å². The topological polar surface area (TPSA) is 83.7 Å². The monoisotopic (exact) mass is 287 g/mol. The Morgan fingerprint density at radius 3 is 2.42 bits per heavy atom. The van der Waals surface area contributed by atoms with Gasteiger partial charge in [-0.2, -0.15) is 4.31 Å². The average Bonchev–Trinajstić information content (AvgIpc) is 2.38. The summed E-state index contributed by atoms with van der Waals surface area (Å²) in [5.41, 5.74) is 5.66. The maximum Gasteiger partial charge on any atom is 0.240 e. The molecule has 1 unspecified atom stereocenters. The molecule has 7 heteroatoms. The van der Waals surface area contributed by atoms with Crippen molar-refractivity contribution in [1.29, 1.82) is 0 Å². The summed E-state index contributed by atoms with van der Waals surface area (Å²) in [7, 11) is -3.18. The van der Waals surface area contributed by atoms with Gasteiger partial charge in [-0.1, -0.05) is 6.92 Å². The minimum Gasteiger partial charge on any atom is -0.339 e. The van der Waals surface area contributed by atoms with Crippen LogP contribution in [0, 0.1) is 12.3 Å². The van der Waals surface area contributed by atoms with Gasteiger partial charge in [-0.15, -0.1) is 12.3 Å². The summed E-state index contributed by atoms with van der Waals surface area (Å²) in [6, 6.07) is -0.691.